The fourth-order valence-corrected chi connectivity index (χ4v) is 5.68. The van der Waals surface area contributed by atoms with Crippen LogP contribution in [0.3, 0.4) is 0 Å². The van der Waals surface area contributed by atoms with E-state index in [9.17, 15) is 0 Å². The maximum Gasteiger partial charge on any atom is 0.322 e. The lowest BCUT2D eigenvalue weighted by molar-refractivity contribution is 0.440. The molecule has 3 N–H and O–H groups in total. The predicted molar refractivity (Wildman–Crippen MR) is 128 cm³/mol. The Kier molecular flexibility index (Phi) is 4.99. The quantitative estimate of drug-likeness (QED) is 0.382. The van der Waals surface area contributed by atoms with Crippen LogP contribution in [0.5, 0.6) is 11.8 Å². The number of rotatable bonds is 4. The second kappa shape index (κ2) is 7.80. The summed E-state index contributed by atoms with van der Waals surface area (Å²) in [6.45, 7) is 3.53. The third kappa shape index (κ3) is 3.47. The molecule has 30 heavy (non-hydrogen) atoms. The van der Waals surface area contributed by atoms with Crippen molar-refractivity contribution in [1.29, 1.82) is 0 Å². The summed E-state index contributed by atoms with van der Waals surface area (Å²) < 4.78 is 8.03. The van der Waals surface area contributed by atoms with Crippen molar-refractivity contribution in [2.45, 2.75) is 6.92 Å². The number of halogens is 1. The van der Waals surface area contributed by atoms with E-state index in [-0.39, 0.29) is 0 Å². The van der Waals surface area contributed by atoms with Gasteiger partial charge in [-0.1, -0.05) is 12.1 Å². The summed E-state index contributed by atoms with van der Waals surface area (Å²) in [6.07, 6.45) is 3.49. The van der Waals surface area contributed by atoms with Crippen LogP contribution in [-0.4, -0.2) is 33.9 Å². The first-order valence-corrected chi connectivity index (χ1v) is 11.2. The molecule has 0 atom stereocenters. The van der Waals surface area contributed by atoms with Crippen LogP contribution in [0.25, 0.3) is 21.2 Å². The molecule has 4 aromatic rings. The number of fused-ring (bicyclic) bond motifs is 1. The van der Waals surface area contributed by atoms with E-state index >= 15 is 0 Å². The van der Waals surface area contributed by atoms with Gasteiger partial charge in [0.25, 0.3) is 0 Å². The number of aromatic nitrogens is 3. The number of hydrogen-bond donors (Lipinski definition) is 2. The molecule has 1 aromatic carbocycles. The van der Waals surface area contributed by atoms with E-state index in [2.05, 4.69) is 47.9 Å². The Labute approximate surface area is 190 Å². The highest BCUT2D eigenvalue weighted by molar-refractivity contribution is 14.1. The summed E-state index contributed by atoms with van der Waals surface area (Å²) in [5, 5.41) is 4.30. The molecule has 9 heteroatoms. The lowest BCUT2D eigenvalue weighted by Crippen LogP contribution is -2.19. The highest BCUT2D eigenvalue weighted by Crippen LogP contribution is 2.43. The monoisotopic (exact) mass is 528 g/mol. The smallest absolute Gasteiger partial charge is 0.322 e. The summed E-state index contributed by atoms with van der Waals surface area (Å²) >= 11 is 4.07. The van der Waals surface area contributed by atoms with E-state index in [0.29, 0.717) is 17.6 Å². The number of pyridine rings is 1. The fourth-order valence-electron chi connectivity index (χ4n) is 3.37. The minimum Gasteiger partial charge on any atom is -0.424 e. The highest BCUT2D eigenvalue weighted by Gasteiger charge is 2.21. The van der Waals surface area contributed by atoms with Gasteiger partial charge in [0, 0.05) is 35.6 Å². The van der Waals surface area contributed by atoms with Gasteiger partial charge in [0.05, 0.1) is 19.7 Å². The number of thiophene rings is 1. The Hall–Kier alpha value is -2.79. The number of anilines is 1. The van der Waals surface area contributed by atoms with E-state index in [4.69, 9.17) is 10.5 Å². The molecular formula is C21H17IN6OS. The van der Waals surface area contributed by atoms with Crippen LogP contribution < -0.4 is 15.8 Å². The zero-order valence-corrected chi connectivity index (χ0v) is 19.0. The van der Waals surface area contributed by atoms with E-state index in [0.717, 1.165) is 54.3 Å². The van der Waals surface area contributed by atoms with Crippen molar-refractivity contribution in [2.24, 2.45) is 4.99 Å². The number of amidine groups is 1. The lowest BCUT2D eigenvalue weighted by atomic mass is 10.0. The number of hydrogen-bond acceptors (Lipinski definition) is 8. The van der Waals surface area contributed by atoms with Crippen molar-refractivity contribution in [3.63, 3.8) is 0 Å². The fraction of sp³-hybridized carbons (Fsp3) is 0.143. The van der Waals surface area contributed by atoms with Crippen LogP contribution in [-0.2, 0) is 0 Å². The standard InChI is InChI=1S/C21H17IN6OS/c1-11-6-7-26-21(28-11)29-13-4-2-12(3-5-13)15-16-17(30-18(15)22)14(10-27-19(16)23)20-24-8-9-25-20/h2-7,10H,8-9H2,1H3,(H2,23,27)(H,24,25). The second-order valence-electron chi connectivity index (χ2n) is 6.78. The molecule has 0 amide bonds. The summed E-state index contributed by atoms with van der Waals surface area (Å²) in [6, 6.07) is 10.0. The second-order valence-corrected chi connectivity index (χ2v) is 9.61. The molecule has 0 unspecified atom stereocenters. The van der Waals surface area contributed by atoms with Gasteiger partial charge in [-0.3, -0.25) is 4.99 Å². The van der Waals surface area contributed by atoms with Gasteiger partial charge in [-0.05, 0) is 53.3 Å². The molecule has 0 saturated carbocycles. The zero-order chi connectivity index (χ0) is 20.7. The van der Waals surface area contributed by atoms with Crippen molar-refractivity contribution >= 4 is 55.7 Å². The van der Waals surface area contributed by atoms with Gasteiger partial charge in [0.2, 0.25) is 0 Å². The van der Waals surface area contributed by atoms with Gasteiger partial charge in [-0.25, -0.2) is 15.0 Å². The number of nitrogens with zero attached hydrogens (tertiary/aromatic N) is 4. The number of benzene rings is 1. The largest absolute Gasteiger partial charge is 0.424 e. The molecule has 0 radical (unpaired) electrons. The minimum absolute atomic E-state index is 0.334. The van der Waals surface area contributed by atoms with Gasteiger partial charge < -0.3 is 15.8 Å². The van der Waals surface area contributed by atoms with Gasteiger partial charge in [0.1, 0.15) is 17.4 Å². The molecule has 0 spiro atoms. The van der Waals surface area contributed by atoms with E-state index < -0.39 is 0 Å². The van der Waals surface area contributed by atoms with Crippen molar-refractivity contribution < 1.29 is 4.74 Å². The Morgan fingerprint density at radius 3 is 2.73 bits per heavy atom. The van der Waals surface area contributed by atoms with Crippen LogP contribution in [0.4, 0.5) is 5.82 Å². The Morgan fingerprint density at radius 1 is 1.17 bits per heavy atom. The number of aryl methyl sites for hydroxylation is 1. The van der Waals surface area contributed by atoms with Crippen molar-refractivity contribution in [3.05, 3.63) is 56.9 Å². The molecule has 1 aliphatic heterocycles. The molecule has 0 aliphatic carbocycles. The van der Waals surface area contributed by atoms with E-state index in [1.807, 2.05) is 43.5 Å². The predicted octanol–water partition coefficient (Wildman–Crippen LogP) is 4.39. The first kappa shape index (κ1) is 19.2. The number of nitrogens with two attached hydrogens (primary N) is 1. The first-order valence-electron chi connectivity index (χ1n) is 9.33. The maximum absolute atomic E-state index is 6.31. The number of nitrogen functional groups attached to an aromatic ring is 1. The normalized spacial score (nSPS) is 13.3. The lowest BCUT2D eigenvalue weighted by Gasteiger charge is -2.08. The molecule has 4 heterocycles. The molecule has 0 bridgehead atoms. The van der Waals surface area contributed by atoms with Crippen LogP contribution >= 0.6 is 33.9 Å². The molecule has 5 rings (SSSR count). The Morgan fingerprint density at radius 2 is 2.00 bits per heavy atom. The maximum atomic E-state index is 6.31. The van der Waals surface area contributed by atoms with Crippen LogP contribution in [0.2, 0.25) is 0 Å². The first-order chi connectivity index (χ1) is 14.6. The number of aliphatic imine (C=N–C) groups is 1. The third-order valence-corrected chi connectivity index (χ3v) is 6.96. The van der Waals surface area contributed by atoms with Crippen LogP contribution in [0.15, 0.2) is 47.7 Å². The molecule has 150 valence electrons. The van der Waals surface area contributed by atoms with Crippen LogP contribution in [0.1, 0.15) is 11.3 Å². The summed E-state index contributed by atoms with van der Waals surface area (Å²) in [7, 11) is 0. The van der Waals surface area contributed by atoms with Crippen LogP contribution in [0, 0.1) is 9.81 Å². The van der Waals surface area contributed by atoms with Crippen molar-refractivity contribution in [2.75, 3.05) is 18.8 Å². The van der Waals surface area contributed by atoms with E-state index in [1.165, 1.54) is 0 Å². The topological polar surface area (TPSA) is 98.3 Å². The third-order valence-electron chi connectivity index (χ3n) is 4.75. The van der Waals surface area contributed by atoms with Crippen molar-refractivity contribution in [3.8, 4) is 22.9 Å². The molecule has 0 saturated heterocycles. The SMILES string of the molecule is Cc1ccnc(Oc2ccc(-c3c(I)sc4c(C5=NCCN5)cnc(N)c34)cc2)n1. The van der Waals surface area contributed by atoms with Gasteiger partial charge in [0.15, 0.2) is 0 Å². The minimum atomic E-state index is 0.334. The number of nitrogens with one attached hydrogen (secondary N) is 1. The number of ether oxygens (including phenoxy) is 1. The summed E-state index contributed by atoms with van der Waals surface area (Å²) in [5.41, 5.74) is 10.3. The zero-order valence-electron chi connectivity index (χ0n) is 16.0. The summed E-state index contributed by atoms with van der Waals surface area (Å²) in [4.78, 5) is 17.4. The van der Waals surface area contributed by atoms with Gasteiger partial charge in [-0.2, -0.15) is 0 Å². The van der Waals surface area contributed by atoms with E-state index in [1.54, 1.807) is 17.5 Å². The van der Waals surface area contributed by atoms with Crippen molar-refractivity contribution in [1.82, 2.24) is 20.3 Å². The molecule has 0 fully saturated rings. The Bertz CT molecular complexity index is 1280. The highest BCUT2D eigenvalue weighted by atomic mass is 127. The van der Waals surface area contributed by atoms with Gasteiger partial charge in [-0.15, -0.1) is 11.3 Å². The molecule has 3 aromatic heterocycles. The average Bonchev–Trinajstić information content (AvgIpc) is 3.37. The molecule has 1 aliphatic rings. The molecular weight excluding hydrogens is 511 g/mol. The Balaban J connectivity index is 1.54. The average molecular weight is 528 g/mol. The molecule has 7 nitrogen and oxygen atoms in total. The van der Waals surface area contributed by atoms with Gasteiger partial charge >= 0.3 is 6.01 Å². The summed E-state index contributed by atoms with van der Waals surface area (Å²) in [5.74, 6) is 2.09.